The topological polar surface area (TPSA) is 102 Å². The first-order chi connectivity index (χ1) is 14.3. The number of barbiturate groups is 1. The lowest BCUT2D eigenvalue weighted by Crippen LogP contribution is -2.54. The van der Waals surface area contributed by atoms with Crippen LogP contribution in [0.25, 0.3) is 6.08 Å². The van der Waals surface area contributed by atoms with Crippen molar-refractivity contribution >= 4 is 67.4 Å². The van der Waals surface area contributed by atoms with Crippen LogP contribution in [0.15, 0.2) is 57.0 Å². The molecule has 10 heteroatoms. The van der Waals surface area contributed by atoms with Gasteiger partial charge in [-0.05, 0) is 64.0 Å². The number of rotatable bonds is 5. The van der Waals surface area contributed by atoms with E-state index in [2.05, 4.69) is 41.9 Å². The molecule has 1 heterocycles. The molecule has 1 saturated heterocycles. The number of hydrogen-bond acceptors (Lipinski definition) is 6. The Kier molecular flexibility index (Phi) is 6.68. The molecule has 0 atom stereocenters. The van der Waals surface area contributed by atoms with E-state index in [-0.39, 0.29) is 12.2 Å². The molecule has 1 aliphatic rings. The third-order valence-electron chi connectivity index (χ3n) is 4.03. The Hall–Kier alpha value is -2.98. The van der Waals surface area contributed by atoms with Gasteiger partial charge in [-0.2, -0.15) is 0 Å². The molecule has 30 heavy (non-hydrogen) atoms. The highest BCUT2D eigenvalue weighted by Crippen LogP contribution is 2.28. The minimum absolute atomic E-state index is 0.201. The summed E-state index contributed by atoms with van der Waals surface area (Å²) in [7, 11) is 1.25. The molecule has 0 aromatic heterocycles. The quantitative estimate of drug-likeness (QED) is 0.356. The van der Waals surface area contributed by atoms with E-state index in [9.17, 15) is 19.2 Å². The SMILES string of the molecule is COC(=O)COc1ccc(/C=C2\C(=O)NC(=O)N(c3ccc(Br)cc3)C2=O)cc1Br. The van der Waals surface area contributed by atoms with E-state index in [1.807, 2.05) is 0 Å². The third kappa shape index (κ3) is 4.77. The normalized spacial score (nSPS) is 15.2. The van der Waals surface area contributed by atoms with Crippen molar-refractivity contribution in [2.75, 3.05) is 18.6 Å². The van der Waals surface area contributed by atoms with Gasteiger partial charge in [0.1, 0.15) is 11.3 Å². The number of benzene rings is 2. The van der Waals surface area contributed by atoms with Crippen molar-refractivity contribution in [3.05, 3.63) is 62.5 Å². The Morgan fingerprint density at radius 2 is 1.80 bits per heavy atom. The zero-order valence-corrected chi connectivity index (χ0v) is 18.7. The first kappa shape index (κ1) is 21.7. The number of halogens is 2. The second-order valence-electron chi connectivity index (χ2n) is 5.99. The first-order valence-corrected chi connectivity index (χ1v) is 10.0. The van der Waals surface area contributed by atoms with Crippen molar-refractivity contribution in [1.29, 1.82) is 0 Å². The highest BCUT2D eigenvalue weighted by molar-refractivity contribution is 9.10. The van der Waals surface area contributed by atoms with E-state index in [0.29, 0.717) is 21.5 Å². The zero-order valence-electron chi connectivity index (χ0n) is 15.5. The summed E-state index contributed by atoms with van der Waals surface area (Å²) in [5.41, 5.74) is 0.635. The molecule has 1 fully saturated rings. The van der Waals surface area contributed by atoms with Gasteiger partial charge in [-0.1, -0.05) is 22.0 Å². The Balaban J connectivity index is 1.88. The number of imide groups is 2. The first-order valence-electron chi connectivity index (χ1n) is 8.46. The van der Waals surface area contributed by atoms with Crippen LogP contribution >= 0.6 is 31.9 Å². The van der Waals surface area contributed by atoms with Crippen LogP contribution < -0.4 is 15.0 Å². The van der Waals surface area contributed by atoms with Crippen LogP contribution in [-0.2, 0) is 19.1 Å². The molecule has 0 aliphatic carbocycles. The third-order valence-corrected chi connectivity index (χ3v) is 5.18. The van der Waals surface area contributed by atoms with Crippen LogP contribution in [0, 0.1) is 0 Å². The molecular formula is C20H14Br2N2O6. The number of hydrogen-bond donors (Lipinski definition) is 1. The van der Waals surface area contributed by atoms with Crippen LogP contribution in [0.3, 0.4) is 0 Å². The van der Waals surface area contributed by atoms with Crippen molar-refractivity contribution in [3.8, 4) is 5.75 Å². The summed E-state index contributed by atoms with van der Waals surface area (Å²) in [5.74, 6) is -1.68. The van der Waals surface area contributed by atoms with Crippen molar-refractivity contribution in [3.63, 3.8) is 0 Å². The van der Waals surface area contributed by atoms with Gasteiger partial charge in [0, 0.05) is 4.47 Å². The molecule has 0 saturated carbocycles. The van der Waals surface area contributed by atoms with Gasteiger partial charge >= 0.3 is 12.0 Å². The second-order valence-corrected chi connectivity index (χ2v) is 7.76. The van der Waals surface area contributed by atoms with Gasteiger partial charge in [-0.3, -0.25) is 14.9 Å². The fraction of sp³-hybridized carbons (Fsp3) is 0.100. The molecular weight excluding hydrogens is 524 g/mol. The number of carbonyl (C=O) groups excluding carboxylic acids is 4. The van der Waals surface area contributed by atoms with Crippen LogP contribution in [0.4, 0.5) is 10.5 Å². The number of anilines is 1. The largest absolute Gasteiger partial charge is 0.481 e. The molecule has 8 nitrogen and oxygen atoms in total. The molecule has 1 aliphatic heterocycles. The van der Waals surface area contributed by atoms with Crippen LogP contribution in [0.5, 0.6) is 5.75 Å². The minimum Gasteiger partial charge on any atom is -0.481 e. The fourth-order valence-electron chi connectivity index (χ4n) is 2.57. The van der Waals surface area contributed by atoms with Gasteiger partial charge in [-0.25, -0.2) is 14.5 Å². The van der Waals surface area contributed by atoms with Crippen LogP contribution in [-0.4, -0.2) is 37.5 Å². The van der Waals surface area contributed by atoms with E-state index in [4.69, 9.17) is 4.74 Å². The van der Waals surface area contributed by atoms with Gasteiger partial charge in [0.15, 0.2) is 6.61 Å². The number of nitrogens with zero attached hydrogens (tertiary/aromatic N) is 1. The Morgan fingerprint density at radius 1 is 1.10 bits per heavy atom. The molecule has 2 aromatic rings. The highest BCUT2D eigenvalue weighted by Gasteiger charge is 2.36. The van der Waals surface area contributed by atoms with E-state index in [1.54, 1.807) is 42.5 Å². The number of methoxy groups -OCH3 is 1. The van der Waals surface area contributed by atoms with E-state index in [1.165, 1.54) is 13.2 Å². The summed E-state index contributed by atoms with van der Waals surface area (Å²) in [5, 5.41) is 2.17. The van der Waals surface area contributed by atoms with E-state index >= 15 is 0 Å². The lowest BCUT2D eigenvalue weighted by molar-refractivity contribution is -0.143. The van der Waals surface area contributed by atoms with Crippen LogP contribution in [0.2, 0.25) is 0 Å². The average Bonchev–Trinajstić information content (AvgIpc) is 2.71. The van der Waals surface area contributed by atoms with E-state index in [0.717, 1.165) is 9.37 Å². The number of urea groups is 1. The molecule has 0 spiro atoms. The monoisotopic (exact) mass is 536 g/mol. The van der Waals surface area contributed by atoms with Gasteiger partial charge in [0.25, 0.3) is 11.8 Å². The Morgan fingerprint density at radius 3 is 2.43 bits per heavy atom. The number of esters is 1. The number of nitrogens with one attached hydrogen (secondary N) is 1. The predicted octanol–water partition coefficient (Wildman–Crippen LogP) is 3.43. The van der Waals surface area contributed by atoms with E-state index < -0.39 is 23.8 Å². The van der Waals surface area contributed by atoms with Crippen LogP contribution in [0.1, 0.15) is 5.56 Å². The maximum absolute atomic E-state index is 12.9. The van der Waals surface area contributed by atoms with Gasteiger partial charge in [-0.15, -0.1) is 0 Å². The van der Waals surface area contributed by atoms with Crippen molar-refractivity contribution in [1.82, 2.24) is 5.32 Å². The highest BCUT2D eigenvalue weighted by atomic mass is 79.9. The zero-order chi connectivity index (χ0) is 21.8. The Bertz CT molecular complexity index is 1070. The smallest absolute Gasteiger partial charge is 0.343 e. The molecule has 1 N–H and O–H groups in total. The summed E-state index contributed by atoms with van der Waals surface area (Å²) < 4.78 is 11.1. The number of carbonyl (C=O) groups is 4. The standard InChI is InChI=1S/C20H14Br2N2O6/c1-29-17(25)10-30-16-7-2-11(9-15(16)22)8-14-18(26)23-20(28)24(19(14)27)13-5-3-12(21)4-6-13/h2-9H,10H2,1H3,(H,23,26,28)/b14-8+. The lowest BCUT2D eigenvalue weighted by atomic mass is 10.1. The van der Waals surface area contributed by atoms with Gasteiger partial charge < -0.3 is 9.47 Å². The molecule has 0 radical (unpaired) electrons. The summed E-state index contributed by atoms with van der Waals surface area (Å²) >= 11 is 6.61. The van der Waals surface area contributed by atoms with Gasteiger partial charge in [0.2, 0.25) is 0 Å². The number of ether oxygens (including phenoxy) is 2. The summed E-state index contributed by atoms with van der Waals surface area (Å²) in [4.78, 5) is 49.5. The lowest BCUT2D eigenvalue weighted by Gasteiger charge is -2.26. The molecule has 2 aromatic carbocycles. The maximum atomic E-state index is 12.9. The average molecular weight is 538 g/mol. The maximum Gasteiger partial charge on any atom is 0.343 e. The fourth-order valence-corrected chi connectivity index (χ4v) is 3.34. The molecule has 3 rings (SSSR count). The summed E-state index contributed by atoms with van der Waals surface area (Å²) in [6, 6.07) is 10.5. The predicted molar refractivity (Wildman–Crippen MR) is 115 cm³/mol. The molecule has 154 valence electrons. The van der Waals surface area contributed by atoms with Crippen molar-refractivity contribution < 1.29 is 28.7 Å². The van der Waals surface area contributed by atoms with Crippen molar-refractivity contribution in [2.45, 2.75) is 0 Å². The second kappa shape index (κ2) is 9.23. The van der Waals surface area contributed by atoms with Crippen molar-refractivity contribution in [2.24, 2.45) is 0 Å². The minimum atomic E-state index is -0.822. The summed E-state index contributed by atoms with van der Waals surface area (Å²) in [6.07, 6.45) is 1.37. The van der Waals surface area contributed by atoms with Gasteiger partial charge in [0.05, 0.1) is 17.3 Å². The molecule has 0 unspecified atom stereocenters. The number of amides is 4. The Labute approximate surface area is 188 Å². The molecule has 0 bridgehead atoms. The molecule has 4 amide bonds. The summed E-state index contributed by atoms with van der Waals surface area (Å²) in [6.45, 7) is -0.263.